The Morgan fingerprint density at radius 1 is 0.481 bits per heavy atom. The molecule has 0 aliphatic rings. The molecule has 3 aromatic heterocycles. The lowest BCUT2D eigenvalue weighted by Crippen LogP contribution is -2.24. The molecule has 0 fully saturated rings. The van der Waals surface area contributed by atoms with Gasteiger partial charge in [-0.15, -0.1) is 0 Å². The molecule has 0 atom stereocenters. The zero-order valence-corrected chi connectivity index (χ0v) is 21.0. The van der Waals surface area contributed by atoms with Gasteiger partial charge < -0.3 is 15.0 Å². The molecule has 0 bridgehead atoms. The molecule has 4 aromatic rings. The van der Waals surface area contributed by atoms with Gasteiger partial charge >= 0.3 is 0 Å². The summed E-state index contributed by atoms with van der Waals surface area (Å²) in [6, 6.07) is 6.20. The number of hydrogen-bond donors (Lipinski definition) is 3. The van der Waals surface area contributed by atoms with Crippen LogP contribution in [-0.4, -0.2) is 128 Å². The summed E-state index contributed by atoms with van der Waals surface area (Å²) in [5, 5.41) is 0. The Bertz CT molecular complexity index is 946. The summed E-state index contributed by atoms with van der Waals surface area (Å²) in [6.45, 7) is 0. The highest BCUT2D eigenvalue weighted by Crippen LogP contribution is 2.28. The van der Waals surface area contributed by atoms with Gasteiger partial charge in [0.05, 0.1) is 0 Å². The second-order valence-corrected chi connectivity index (χ2v) is 9.32. The Kier molecular flexibility index (Phi) is 6.06. The number of benzene rings is 1. The average molecular weight is 432 g/mol. The van der Waals surface area contributed by atoms with E-state index >= 15 is 0 Å². The van der Waals surface area contributed by atoms with Gasteiger partial charge in [0.1, 0.15) is 17.5 Å². The fraction of sp³-hybridized carbons (Fsp3) is 0. The zero-order valence-electron chi connectivity index (χ0n) is 14.0. The molecular weight excluding hydrogens is 426 g/mol. The Morgan fingerprint density at radius 2 is 0.741 bits per heavy atom. The van der Waals surface area contributed by atoms with Gasteiger partial charge in [0.2, 0.25) is 97.7 Å². The number of H-pyrrole nitrogens is 3. The Hall–Kier alpha value is 0.0448. The van der Waals surface area contributed by atoms with Gasteiger partial charge in [0, 0.05) is 16.7 Å². The Labute approximate surface area is 205 Å². The lowest BCUT2D eigenvalue weighted by Gasteiger charge is -2.07. The van der Waals surface area contributed by atoms with E-state index in [1.54, 1.807) is 0 Å². The van der Waals surface area contributed by atoms with Crippen LogP contribution in [0.3, 0.4) is 0 Å². The van der Waals surface area contributed by atoms with E-state index in [1.165, 1.54) is 0 Å². The molecule has 0 spiro atoms. The summed E-state index contributed by atoms with van der Waals surface area (Å²) in [4.78, 5) is 23.7. The highest BCUT2D eigenvalue weighted by Gasteiger charge is 2.13. The number of hydrogen-bond acceptors (Lipinski definition) is 3. The lowest BCUT2D eigenvalue weighted by molar-refractivity contribution is 1.29. The van der Waals surface area contributed by atoms with Crippen molar-refractivity contribution in [1.82, 2.24) is 29.9 Å². The quantitative estimate of drug-likeness (QED) is 0.286. The molecule has 12 heteroatoms. The van der Waals surface area contributed by atoms with Gasteiger partial charge in [-0.1, -0.05) is 27.3 Å². The maximum absolute atomic E-state index is 4.60. The van der Waals surface area contributed by atoms with Crippen molar-refractivity contribution in [3.63, 3.8) is 0 Å². The Balaban J connectivity index is 1.93. The first-order chi connectivity index (χ1) is 12.8. The number of rotatable bonds is 3. The van der Waals surface area contributed by atoms with Crippen molar-refractivity contribution in [2.75, 3.05) is 0 Å². The van der Waals surface area contributed by atoms with Crippen molar-refractivity contribution in [2.45, 2.75) is 0 Å². The maximum atomic E-state index is 4.60. The highest BCUT2D eigenvalue weighted by atomic mass is 27.1. The first-order valence-corrected chi connectivity index (χ1v) is 11.3. The summed E-state index contributed by atoms with van der Waals surface area (Å²) in [6.07, 6.45) is 0. The van der Waals surface area contributed by atoms with Gasteiger partial charge in [-0.25, -0.2) is 0 Å². The van der Waals surface area contributed by atoms with Crippen molar-refractivity contribution >= 4 is 125 Å². The zero-order chi connectivity index (χ0) is 19.3. The molecule has 4 rings (SSSR count). The first kappa shape index (κ1) is 20.3. The molecule has 1 aromatic carbocycles. The fourth-order valence-corrected chi connectivity index (χ4v) is 3.86. The highest BCUT2D eigenvalue weighted by molar-refractivity contribution is 6.47. The smallest absolute Gasteiger partial charge is 0.210 e. The molecule has 114 valence electrons. The second-order valence-electron chi connectivity index (χ2n) is 5.95. The summed E-state index contributed by atoms with van der Waals surface area (Å²) in [5.41, 5.74) is 2.87. The van der Waals surface area contributed by atoms with Crippen LogP contribution in [0.25, 0.3) is 34.2 Å². The predicted octanol–water partition coefficient (Wildman–Crippen LogP) is -4.38. The van der Waals surface area contributed by atoms with Crippen molar-refractivity contribution in [3.05, 3.63) is 18.2 Å². The van der Waals surface area contributed by atoms with Crippen LogP contribution in [0.15, 0.2) is 18.2 Å². The minimum atomic E-state index is 0.792. The van der Waals surface area contributed by atoms with Crippen molar-refractivity contribution in [3.8, 4) is 34.2 Å². The lowest BCUT2D eigenvalue weighted by atomic mass is 10.0. The van der Waals surface area contributed by atoms with Crippen LogP contribution >= 0.6 is 0 Å². The third kappa shape index (κ3) is 4.18. The van der Waals surface area contributed by atoms with Crippen LogP contribution in [0.1, 0.15) is 0 Å². The molecule has 3 heterocycles. The summed E-state index contributed by atoms with van der Waals surface area (Å²) in [7, 11) is 0. The SMILES string of the molecule is [Al][c]1nc(-c2cc(-c3n[c]([Al])[c]([Al])[nH]3)cc(-c3n[c]([Al])[c]([Al])[nH]3)c2)[nH][c]1[Al]. The largest absolute Gasteiger partial charge is 0.362 e. The number of aromatic nitrogens is 6. The van der Waals surface area contributed by atoms with Crippen LogP contribution in [0, 0.1) is 0 Å². The minimum Gasteiger partial charge on any atom is -0.362 e. The fourth-order valence-electron chi connectivity index (χ4n) is 2.65. The number of aromatic amines is 3. The summed E-state index contributed by atoms with van der Waals surface area (Å²) < 4.78 is 5.44. The predicted molar refractivity (Wildman–Crippen MR) is 112 cm³/mol. The van der Waals surface area contributed by atoms with Gasteiger partial charge in [0.15, 0.2) is 0 Å². The third-order valence-electron chi connectivity index (χ3n) is 4.04. The van der Waals surface area contributed by atoms with Crippen molar-refractivity contribution < 1.29 is 0 Å². The third-order valence-corrected chi connectivity index (χ3v) is 7.68. The van der Waals surface area contributed by atoms with Crippen molar-refractivity contribution in [2.24, 2.45) is 0 Å². The van der Waals surface area contributed by atoms with Crippen LogP contribution in [-0.2, 0) is 0 Å². The van der Waals surface area contributed by atoms with Gasteiger partial charge in [-0.05, 0) is 18.2 Å². The summed E-state index contributed by atoms with van der Waals surface area (Å²) in [5.74, 6) is 2.38. The topological polar surface area (TPSA) is 86.0 Å². The number of nitrogens with one attached hydrogen (secondary N) is 3. The molecule has 12 radical (unpaired) electrons. The van der Waals surface area contributed by atoms with E-state index in [0.717, 1.165) is 61.5 Å². The molecule has 27 heavy (non-hydrogen) atoms. The van der Waals surface area contributed by atoms with Crippen LogP contribution in [0.2, 0.25) is 0 Å². The molecule has 3 N–H and O–H groups in total. The second kappa shape index (κ2) is 8.05. The van der Waals surface area contributed by atoms with E-state index in [-0.39, 0.29) is 0 Å². The molecular formula is C15H6Al6N6. The number of nitrogens with zero attached hydrogens (tertiary/aromatic N) is 3. The monoisotopic (exact) mass is 432 g/mol. The van der Waals surface area contributed by atoms with E-state index in [2.05, 4.69) is 146 Å². The molecule has 6 nitrogen and oxygen atoms in total. The average Bonchev–Trinajstić information content (AvgIpc) is 3.27. The van der Waals surface area contributed by atoms with Gasteiger partial charge in [0.25, 0.3) is 0 Å². The Morgan fingerprint density at radius 3 is 0.926 bits per heavy atom. The normalized spacial score (nSPS) is 11.1. The van der Waals surface area contributed by atoms with Crippen LogP contribution in [0.4, 0.5) is 0 Å². The minimum absolute atomic E-state index is 0.792. The molecule has 0 saturated carbocycles. The first-order valence-electron chi connectivity index (χ1n) is 7.81. The van der Waals surface area contributed by atoms with Gasteiger partial charge in [-0.3, -0.25) is 15.0 Å². The van der Waals surface area contributed by atoms with Crippen LogP contribution < -0.4 is 27.3 Å². The maximum Gasteiger partial charge on any atom is 0.210 e. The summed E-state index contributed by atoms with van der Waals surface area (Å²) >= 11 is 15.9. The molecule has 0 unspecified atom stereocenters. The van der Waals surface area contributed by atoms with E-state index < -0.39 is 0 Å². The molecule has 0 aliphatic carbocycles. The molecule has 0 amide bonds. The molecule has 0 aliphatic heterocycles. The van der Waals surface area contributed by atoms with E-state index in [0.29, 0.717) is 0 Å². The van der Waals surface area contributed by atoms with Crippen molar-refractivity contribution in [1.29, 1.82) is 0 Å². The van der Waals surface area contributed by atoms with E-state index in [9.17, 15) is 0 Å². The van der Waals surface area contributed by atoms with E-state index in [1.807, 2.05) is 0 Å². The van der Waals surface area contributed by atoms with Gasteiger partial charge in [-0.2, -0.15) is 0 Å². The number of imidazole rings is 3. The van der Waals surface area contributed by atoms with Crippen LogP contribution in [0.5, 0.6) is 0 Å². The standard InChI is InChI=1S/C15H6N6.6Al/c1-2-17-13(16-1)10-7-11(14-18-3-4-19-14)9-12(8-10)15-20-5-6-21-15;;;;;;/h7-9H,(H,16,17)(H,18,19)(H,20,21);;;;;;. The van der Waals surface area contributed by atoms with E-state index in [4.69, 9.17) is 0 Å². The molecule has 0 saturated heterocycles.